The van der Waals surface area contributed by atoms with E-state index in [0.717, 1.165) is 49.7 Å². The standard InChI is InChI=1S/C21H29N3OS/c1-3-7-19(17-8-5-4-6-9-17)20(25)23-21-22-18(15-26-21)14-24-12-10-16(2)11-13-24/h4-6,8-9,15-16,19H,3,7,10-14H2,1-2H3,(H,22,23,25). The zero-order chi connectivity index (χ0) is 18.4. The van der Waals surface area contributed by atoms with Crippen LogP contribution in [0.1, 0.15) is 56.7 Å². The highest BCUT2D eigenvalue weighted by molar-refractivity contribution is 7.13. The average molecular weight is 372 g/mol. The average Bonchev–Trinajstić information content (AvgIpc) is 3.09. The lowest BCUT2D eigenvalue weighted by molar-refractivity contribution is -0.117. The number of piperidine rings is 1. The molecular weight excluding hydrogens is 342 g/mol. The second kappa shape index (κ2) is 9.28. The molecule has 1 aromatic heterocycles. The van der Waals surface area contributed by atoms with Crippen LogP contribution in [0, 0.1) is 5.92 Å². The third-order valence-corrected chi connectivity index (χ3v) is 5.95. The van der Waals surface area contributed by atoms with E-state index in [-0.39, 0.29) is 11.8 Å². The van der Waals surface area contributed by atoms with Gasteiger partial charge in [0.15, 0.2) is 5.13 Å². The van der Waals surface area contributed by atoms with Crippen LogP contribution in [-0.4, -0.2) is 28.9 Å². The lowest BCUT2D eigenvalue weighted by atomic mass is 9.94. The lowest BCUT2D eigenvalue weighted by Gasteiger charge is -2.29. The van der Waals surface area contributed by atoms with Gasteiger partial charge in [0.1, 0.15) is 0 Å². The van der Waals surface area contributed by atoms with Gasteiger partial charge in [-0.25, -0.2) is 4.98 Å². The minimum Gasteiger partial charge on any atom is -0.301 e. The summed E-state index contributed by atoms with van der Waals surface area (Å²) in [5, 5.41) is 5.83. The Morgan fingerprint density at radius 1 is 1.31 bits per heavy atom. The SMILES string of the molecule is CCCC(C(=O)Nc1nc(CN2CCC(C)CC2)cs1)c1ccccc1. The van der Waals surface area contributed by atoms with Gasteiger partial charge in [-0.3, -0.25) is 9.69 Å². The molecule has 0 aliphatic carbocycles. The molecule has 140 valence electrons. The van der Waals surface area contributed by atoms with Gasteiger partial charge < -0.3 is 5.32 Å². The first-order valence-electron chi connectivity index (χ1n) is 9.68. The largest absolute Gasteiger partial charge is 0.301 e. The Hall–Kier alpha value is -1.72. The van der Waals surface area contributed by atoms with E-state index in [9.17, 15) is 4.79 Å². The van der Waals surface area contributed by atoms with E-state index in [1.54, 1.807) is 0 Å². The summed E-state index contributed by atoms with van der Waals surface area (Å²) in [6.07, 6.45) is 4.36. The number of thiazole rings is 1. The van der Waals surface area contributed by atoms with E-state index in [1.807, 2.05) is 30.3 Å². The fraction of sp³-hybridized carbons (Fsp3) is 0.524. The molecule has 0 saturated carbocycles. The molecule has 0 bridgehead atoms. The van der Waals surface area contributed by atoms with Crippen LogP contribution in [0.2, 0.25) is 0 Å². The van der Waals surface area contributed by atoms with Crippen molar-refractivity contribution in [2.24, 2.45) is 5.92 Å². The lowest BCUT2D eigenvalue weighted by Crippen LogP contribution is -2.32. The number of carbonyl (C=O) groups excluding carboxylic acids is 1. The molecule has 1 N–H and O–H groups in total. The molecule has 1 unspecified atom stereocenters. The van der Waals surface area contributed by atoms with Gasteiger partial charge in [-0.15, -0.1) is 11.3 Å². The van der Waals surface area contributed by atoms with Gasteiger partial charge >= 0.3 is 0 Å². The minimum absolute atomic E-state index is 0.0470. The monoisotopic (exact) mass is 371 g/mol. The number of hydrogen-bond donors (Lipinski definition) is 1. The summed E-state index contributed by atoms with van der Waals surface area (Å²) in [6.45, 7) is 7.62. The number of carbonyl (C=O) groups is 1. The molecule has 1 fully saturated rings. The van der Waals surface area contributed by atoms with Gasteiger partial charge in [-0.1, -0.05) is 50.6 Å². The molecule has 1 aliphatic rings. The number of hydrogen-bond acceptors (Lipinski definition) is 4. The normalized spacial score (nSPS) is 17.2. The highest BCUT2D eigenvalue weighted by Crippen LogP contribution is 2.25. The molecular formula is C21H29N3OS. The van der Waals surface area contributed by atoms with Crippen LogP contribution >= 0.6 is 11.3 Å². The van der Waals surface area contributed by atoms with Crippen LogP contribution in [0.5, 0.6) is 0 Å². The topological polar surface area (TPSA) is 45.2 Å². The number of benzene rings is 1. The smallest absolute Gasteiger partial charge is 0.233 e. The number of nitrogens with one attached hydrogen (secondary N) is 1. The Bertz CT molecular complexity index is 692. The number of likely N-dealkylation sites (tertiary alicyclic amines) is 1. The molecule has 0 radical (unpaired) electrons. The number of amides is 1. The summed E-state index contributed by atoms with van der Waals surface area (Å²) in [6, 6.07) is 10.0. The summed E-state index contributed by atoms with van der Waals surface area (Å²) in [5.41, 5.74) is 2.14. The van der Waals surface area contributed by atoms with Crippen molar-refractivity contribution in [2.75, 3.05) is 18.4 Å². The number of nitrogens with zero attached hydrogens (tertiary/aromatic N) is 2. The summed E-state index contributed by atoms with van der Waals surface area (Å²) in [4.78, 5) is 19.9. The molecule has 1 aliphatic heterocycles. The molecule has 3 rings (SSSR count). The third-order valence-electron chi connectivity index (χ3n) is 5.14. The molecule has 2 heterocycles. The van der Waals surface area contributed by atoms with Crippen molar-refractivity contribution in [1.29, 1.82) is 0 Å². The van der Waals surface area contributed by atoms with E-state index in [4.69, 9.17) is 0 Å². The summed E-state index contributed by atoms with van der Waals surface area (Å²) in [7, 11) is 0. The molecule has 1 aromatic carbocycles. The van der Waals surface area contributed by atoms with Gasteiger partial charge in [0.25, 0.3) is 0 Å². The predicted octanol–water partition coefficient (Wildman–Crippen LogP) is 4.90. The van der Waals surface area contributed by atoms with Gasteiger partial charge in [-0.2, -0.15) is 0 Å². The Kier molecular flexibility index (Phi) is 6.80. The van der Waals surface area contributed by atoms with E-state index in [1.165, 1.54) is 24.2 Å². The van der Waals surface area contributed by atoms with Crippen LogP contribution in [0.3, 0.4) is 0 Å². The van der Waals surface area contributed by atoms with Crippen molar-refractivity contribution >= 4 is 22.4 Å². The molecule has 0 spiro atoms. The van der Waals surface area contributed by atoms with Gasteiger partial charge in [-0.05, 0) is 43.8 Å². The van der Waals surface area contributed by atoms with Gasteiger partial charge in [0, 0.05) is 11.9 Å². The second-order valence-corrected chi connectivity index (χ2v) is 8.20. The molecule has 1 atom stereocenters. The molecule has 5 heteroatoms. The number of aromatic nitrogens is 1. The van der Waals surface area contributed by atoms with E-state index < -0.39 is 0 Å². The quantitative estimate of drug-likeness (QED) is 0.753. The maximum atomic E-state index is 12.8. The van der Waals surface area contributed by atoms with Gasteiger partial charge in [0.05, 0.1) is 11.6 Å². The van der Waals surface area contributed by atoms with Crippen molar-refractivity contribution < 1.29 is 4.79 Å². The van der Waals surface area contributed by atoms with Crippen LogP contribution in [0.4, 0.5) is 5.13 Å². The van der Waals surface area contributed by atoms with Crippen molar-refractivity contribution in [3.8, 4) is 0 Å². The molecule has 2 aromatic rings. The van der Waals surface area contributed by atoms with Gasteiger partial charge in [0.2, 0.25) is 5.91 Å². The summed E-state index contributed by atoms with van der Waals surface area (Å²) in [5.74, 6) is 0.771. The minimum atomic E-state index is -0.114. The van der Waals surface area contributed by atoms with E-state index >= 15 is 0 Å². The van der Waals surface area contributed by atoms with E-state index in [0.29, 0.717) is 5.13 Å². The predicted molar refractivity (Wildman–Crippen MR) is 109 cm³/mol. The molecule has 4 nitrogen and oxygen atoms in total. The highest BCUT2D eigenvalue weighted by atomic mass is 32.1. The summed E-state index contributed by atoms with van der Waals surface area (Å²) >= 11 is 1.53. The number of anilines is 1. The first-order chi connectivity index (χ1) is 12.7. The second-order valence-electron chi connectivity index (χ2n) is 7.34. The van der Waals surface area contributed by atoms with Crippen molar-refractivity contribution in [1.82, 2.24) is 9.88 Å². The Morgan fingerprint density at radius 2 is 2.04 bits per heavy atom. The Labute approximate surface area is 160 Å². The van der Waals surface area contributed by atoms with Crippen molar-refractivity contribution in [2.45, 2.75) is 52.0 Å². The highest BCUT2D eigenvalue weighted by Gasteiger charge is 2.21. The van der Waals surface area contributed by atoms with Crippen LogP contribution in [0.25, 0.3) is 0 Å². The zero-order valence-electron chi connectivity index (χ0n) is 15.8. The maximum Gasteiger partial charge on any atom is 0.233 e. The van der Waals surface area contributed by atoms with Crippen molar-refractivity contribution in [3.05, 3.63) is 47.0 Å². The first-order valence-corrected chi connectivity index (χ1v) is 10.6. The Morgan fingerprint density at radius 3 is 2.73 bits per heavy atom. The molecule has 26 heavy (non-hydrogen) atoms. The van der Waals surface area contributed by atoms with E-state index in [2.05, 4.69) is 34.4 Å². The number of rotatable bonds is 7. The Balaban J connectivity index is 1.59. The van der Waals surface area contributed by atoms with Crippen LogP contribution in [0.15, 0.2) is 35.7 Å². The zero-order valence-corrected chi connectivity index (χ0v) is 16.6. The molecule has 1 amide bonds. The molecule has 1 saturated heterocycles. The van der Waals surface area contributed by atoms with Crippen molar-refractivity contribution in [3.63, 3.8) is 0 Å². The fourth-order valence-electron chi connectivity index (χ4n) is 3.50. The maximum absolute atomic E-state index is 12.8. The fourth-order valence-corrected chi connectivity index (χ4v) is 4.21. The van der Waals surface area contributed by atoms with Crippen LogP contribution in [-0.2, 0) is 11.3 Å². The first kappa shape index (κ1) is 19.1. The van der Waals surface area contributed by atoms with Crippen LogP contribution < -0.4 is 5.32 Å². The third kappa shape index (κ3) is 5.15. The summed E-state index contributed by atoms with van der Waals surface area (Å²) < 4.78 is 0.